The molecule has 0 fully saturated rings. The van der Waals surface area contributed by atoms with Crippen molar-refractivity contribution in [3.05, 3.63) is 24.3 Å². The number of hydrogen-bond acceptors (Lipinski definition) is 5. The van der Waals surface area contributed by atoms with Crippen molar-refractivity contribution in [2.24, 2.45) is 0 Å². The fraction of sp³-hybridized carbons (Fsp3) is 0.882. The van der Waals surface area contributed by atoms with Gasteiger partial charge in [-0.25, -0.2) is 0 Å². The summed E-state index contributed by atoms with van der Waals surface area (Å²) in [4.78, 5) is 24.4. The van der Waals surface area contributed by atoms with Crippen molar-refractivity contribution >= 4 is 11.9 Å². The minimum atomic E-state index is -0.865. The molecule has 0 aromatic rings. The molecule has 1 amide bonds. The van der Waals surface area contributed by atoms with Crippen LogP contribution in [0.4, 0.5) is 0 Å². The largest absolute Gasteiger partial charge is 0.466 e. The minimum absolute atomic E-state index is 0.0364. The van der Waals surface area contributed by atoms with Gasteiger partial charge in [-0.15, -0.1) is 0 Å². The molecular formula is C51H97NO5. The molecule has 3 N–H and O–H groups in total. The van der Waals surface area contributed by atoms with E-state index in [1.54, 1.807) is 6.08 Å². The van der Waals surface area contributed by atoms with E-state index in [9.17, 15) is 19.8 Å². The van der Waals surface area contributed by atoms with Crippen LogP contribution >= 0.6 is 0 Å². The van der Waals surface area contributed by atoms with Gasteiger partial charge in [-0.3, -0.25) is 9.59 Å². The lowest BCUT2D eigenvalue weighted by Crippen LogP contribution is -2.45. The molecule has 0 aromatic heterocycles. The van der Waals surface area contributed by atoms with Crippen LogP contribution in [0.5, 0.6) is 0 Å². The van der Waals surface area contributed by atoms with Crippen LogP contribution in [0.1, 0.15) is 264 Å². The van der Waals surface area contributed by atoms with E-state index in [1.807, 2.05) is 6.08 Å². The van der Waals surface area contributed by atoms with Crippen LogP contribution < -0.4 is 5.32 Å². The third-order valence-electron chi connectivity index (χ3n) is 11.5. The van der Waals surface area contributed by atoms with E-state index >= 15 is 0 Å². The lowest BCUT2D eigenvalue weighted by Gasteiger charge is -2.20. The second-order valence-electron chi connectivity index (χ2n) is 17.1. The van der Waals surface area contributed by atoms with Crippen LogP contribution in [0.2, 0.25) is 0 Å². The van der Waals surface area contributed by atoms with Crippen molar-refractivity contribution in [3.8, 4) is 0 Å². The molecule has 0 spiro atoms. The van der Waals surface area contributed by atoms with Gasteiger partial charge in [0.1, 0.15) is 0 Å². The van der Waals surface area contributed by atoms with Gasteiger partial charge in [0.2, 0.25) is 5.91 Å². The highest BCUT2D eigenvalue weighted by Crippen LogP contribution is 2.16. The Balaban J connectivity index is 3.56. The normalized spacial score (nSPS) is 12.8. The fourth-order valence-corrected chi connectivity index (χ4v) is 7.57. The summed E-state index contributed by atoms with van der Waals surface area (Å²) in [6, 6.07) is -0.652. The lowest BCUT2D eigenvalue weighted by molar-refractivity contribution is -0.143. The van der Waals surface area contributed by atoms with Crippen LogP contribution in [0.15, 0.2) is 24.3 Å². The van der Waals surface area contributed by atoms with Gasteiger partial charge in [0.15, 0.2) is 0 Å². The average molecular weight is 804 g/mol. The van der Waals surface area contributed by atoms with Crippen molar-refractivity contribution in [3.63, 3.8) is 0 Å². The number of nitrogens with one attached hydrogen (secondary N) is 1. The third-order valence-corrected chi connectivity index (χ3v) is 11.5. The molecule has 0 aliphatic heterocycles. The molecule has 2 atom stereocenters. The Bertz CT molecular complexity index is 889. The SMILES string of the molecule is CCCCCCCCCCCCCCCC/C=C/C(O)C(CO)NC(=O)CCCCCC/C=C\CCCCOC(=O)CCCCCCCCCCCCCCCC. The zero-order chi connectivity index (χ0) is 41.5. The summed E-state index contributed by atoms with van der Waals surface area (Å²) in [5.74, 6) is -0.139. The van der Waals surface area contributed by atoms with Gasteiger partial charge >= 0.3 is 5.97 Å². The summed E-state index contributed by atoms with van der Waals surface area (Å²) >= 11 is 0. The first kappa shape index (κ1) is 55.3. The van der Waals surface area contributed by atoms with E-state index in [-0.39, 0.29) is 18.5 Å². The number of rotatable bonds is 46. The number of aliphatic hydroxyl groups excluding tert-OH is 2. The number of hydrogen-bond donors (Lipinski definition) is 3. The number of allylic oxidation sites excluding steroid dienone is 3. The maximum atomic E-state index is 12.4. The summed E-state index contributed by atoms with van der Waals surface area (Å²) in [5.41, 5.74) is 0. The topological polar surface area (TPSA) is 95.9 Å². The molecule has 0 radical (unpaired) electrons. The van der Waals surface area contributed by atoms with Gasteiger partial charge in [-0.1, -0.05) is 218 Å². The molecule has 6 nitrogen and oxygen atoms in total. The number of carbonyl (C=O) groups is 2. The summed E-state index contributed by atoms with van der Waals surface area (Å²) in [7, 11) is 0. The van der Waals surface area contributed by atoms with Crippen LogP contribution in [-0.4, -0.2) is 47.4 Å². The van der Waals surface area contributed by atoms with E-state index in [2.05, 4.69) is 31.3 Å². The van der Waals surface area contributed by atoms with Crippen LogP contribution in [0.3, 0.4) is 0 Å². The lowest BCUT2D eigenvalue weighted by atomic mass is 10.0. The van der Waals surface area contributed by atoms with Gasteiger partial charge in [0.25, 0.3) is 0 Å². The van der Waals surface area contributed by atoms with Crippen LogP contribution in [-0.2, 0) is 14.3 Å². The second-order valence-corrected chi connectivity index (χ2v) is 17.1. The van der Waals surface area contributed by atoms with Crippen LogP contribution in [0, 0.1) is 0 Å². The van der Waals surface area contributed by atoms with Crippen LogP contribution in [0.25, 0.3) is 0 Å². The highest BCUT2D eigenvalue weighted by atomic mass is 16.5. The highest BCUT2D eigenvalue weighted by Gasteiger charge is 2.18. The van der Waals surface area contributed by atoms with Gasteiger partial charge in [-0.05, 0) is 57.8 Å². The number of carbonyl (C=O) groups excluding carboxylic acids is 2. The van der Waals surface area contributed by atoms with E-state index in [0.29, 0.717) is 19.4 Å². The van der Waals surface area contributed by atoms with E-state index in [4.69, 9.17) is 4.74 Å². The Hall–Kier alpha value is -1.66. The molecule has 0 saturated heterocycles. The molecule has 6 heteroatoms. The molecule has 2 unspecified atom stereocenters. The quantitative estimate of drug-likeness (QED) is 0.0324. The third kappa shape index (κ3) is 43.7. The summed E-state index contributed by atoms with van der Waals surface area (Å²) in [6.07, 6.45) is 54.6. The van der Waals surface area contributed by atoms with Gasteiger partial charge < -0.3 is 20.3 Å². The Morgan fingerprint density at radius 1 is 0.474 bits per heavy atom. The first-order valence-electron chi connectivity index (χ1n) is 25.1. The van der Waals surface area contributed by atoms with Gasteiger partial charge in [0, 0.05) is 12.8 Å². The van der Waals surface area contributed by atoms with Crippen molar-refractivity contribution in [1.29, 1.82) is 0 Å². The number of unbranched alkanes of at least 4 members (excludes halogenated alkanes) is 33. The molecule has 336 valence electrons. The summed E-state index contributed by atoms with van der Waals surface area (Å²) in [5, 5.41) is 23.0. The van der Waals surface area contributed by atoms with E-state index < -0.39 is 12.1 Å². The van der Waals surface area contributed by atoms with Crippen molar-refractivity contribution < 1.29 is 24.5 Å². The molecule has 0 saturated carbocycles. The first-order valence-corrected chi connectivity index (χ1v) is 25.1. The second kappa shape index (κ2) is 47.0. The molecule has 0 heterocycles. The summed E-state index contributed by atoms with van der Waals surface area (Å²) in [6.45, 7) is 4.81. The molecule has 0 aromatic carbocycles. The molecule has 0 bridgehead atoms. The molecule has 0 aliphatic carbocycles. The minimum Gasteiger partial charge on any atom is -0.466 e. The zero-order valence-electron chi connectivity index (χ0n) is 38.1. The maximum Gasteiger partial charge on any atom is 0.305 e. The van der Waals surface area contributed by atoms with Crippen molar-refractivity contribution in [1.82, 2.24) is 5.32 Å². The van der Waals surface area contributed by atoms with Crippen molar-refractivity contribution in [2.45, 2.75) is 276 Å². The molecular weight excluding hydrogens is 707 g/mol. The monoisotopic (exact) mass is 804 g/mol. The molecule has 0 rings (SSSR count). The highest BCUT2D eigenvalue weighted by molar-refractivity contribution is 5.76. The smallest absolute Gasteiger partial charge is 0.305 e. The summed E-state index contributed by atoms with van der Waals surface area (Å²) < 4.78 is 5.43. The first-order chi connectivity index (χ1) is 28.0. The maximum absolute atomic E-state index is 12.4. The zero-order valence-corrected chi connectivity index (χ0v) is 38.1. The van der Waals surface area contributed by atoms with E-state index in [1.165, 1.54) is 161 Å². The van der Waals surface area contributed by atoms with Crippen molar-refractivity contribution in [2.75, 3.05) is 13.2 Å². The number of aliphatic hydroxyl groups is 2. The average Bonchev–Trinajstić information content (AvgIpc) is 3.21. The van der Waals surface area contributed by atoms with E-state index in [0.717, 1.165) is 77.0 Å². The molecule has 0 aliphatic rings. The Morgan fingerprint density at radius 2 is 0.825 bits per heavy atom. The predicted octanol–water partition coefficient (Wildman–Crippen LogP) is 14.7. The standard InChI is InChI=1S/C51H97NO5/c1-3-5-7-9-11-13-15-17-19-20-21-23-27-31-35-39-43-49(54)48(47-53)52-50(55)44-40-36-32-28-25-26-30-34-38-42-46-57-51(56)45-41-37-33-29-24-22-18-16-14-12-10-8-6-4-2/h26,30,39,43,48-49,53-54H,3-25,27-29,31-38,40-42,44-47H2,1-2H3,(H,52,55)/b30-26-,43-39+. The Morgan fingerprint density at radius 3 is 1.25 bits per heavy atom. The van der Waals surface area contributed by atoms with Gasteiger partial charge in [0.05, 0.1) is 25.4 Å². The number of amides is 1. The molecule has 57 heavy (non-hydrogen) atoms. The Labute approximate surface area is 354 Å². The Kier molecular flexibility index (Phi) is 45.7. The van der Waals surface area contributed by atoms with Gasteiger partial charge in [-0.2, -0.15) is 0 Å². The fourth-order valence-electron chi connectivity index (χ4n) is 7.57. The number of esters is 1. The predicted molar refractivity (Wildman–Crippen MR) is 246 cm³/mol. The number of ether oxygens (including phenoxy) is 1.